The highest BCUT2D eigenvalue weighted by molar-refractivity contribution is 7.09. The number of thiazole rings is 1. The molecule has 1 aliphatic carbocycles. The van der Waals surface area contributed by atoms with Gasteiger partial charge in [0.1, 0.15) is 22.9 Å². The number of allylic oxidation sites excluding steroid dienone is 2. The molecule has 0 saturated heterocycles. The third kappa shape index (κ3) is 4.97. The van der Waals surface area contributed by atoms with Crippen LogP contribution in [0, 0.1) is 11.7 Å². The molecule has 1 aromatic heterocycles. The quantitative estimate of drug-likeness (QED) is 0.590. The lowest BCUT2D eigenvalue weighted by Crippen LogP contribution is -2.47. The standard InChI is InChI=1S/C22H24F2N2O2S/c1-14(2)13-18(21(27)28)26-19(20-25-11-12-29-20)22(24)9-7-15(8-10-22)16-5-3-4-6-17(16)23/h3-12,14-15,18-19,26H,13H2,1-2H3,(H,27,28)/t15?,18-,19+,22?/m0/s1. The van der Waals surface area contributed by atoms with Gasteiger partial charge in [0.25, 0.3) is 0 Å². The molecule has 2 atom stereocenters. The van der Waals surface area contributed by atoms with Crippen molar-refractivity contribution in [2.45, 2.75) is 43.9 Å². The van der Waals surface area contributed by atoms with Crippen molar-refractivity contribution in [3.63, 3.8) is 0 Å². The van der Waals surface area contributed by atoms with Crippen molar-refractivity contribution in [3.8, 4) is 0 Å². The second-order valence-corrected chi connectivity index (χ2v) is 8.51. The fourth-order valence-corrected chi connectivity index (χ4v) is 4.21. The number of carbonyl (C=O) groups is 1. The van der Waals surface area contributed by atoms with Gasteiger partial charge in [-0.3, -0.25) is 10.1 Å². The van der Waals surface area contributed by atoms with Crippen LogP contribution < -0.4 is 5.32 Å². The van der Waals surface area contributed by atoms with Gasteiger partial charge >= 0.3 is 5.97 Å². The van der Waals surface area contributed by atoms with Crippen LogP contribution in [-0.2, 0) is 4.79 Å². The number of aliphatic carboxylic acids is 1. The van der Waals surface area contributed by atoms with Crippen LogP contribution in [0.5, 0.6) is 0 Å². The van der Waals surface area contributed by atoms with Crippen molar-refractivity contribution in [1.82, 2.24) is 10.3 Å². The molecule has 0 fully saturated rings. The van der Waals surface area contributed by atoms with Gasteiger partial charge in [-0.15, -0.1) is 11.3 Å². The first kappa shape index (κ1) is 21.3. The molecule has 2 N–H and O–H groups in total. The molecule has 7 heteroatoms. The summed E-state index contributed by atoms with van der Waals surface area (Å²) in [6.07, 6.45) is 7.89. The van der Waals surface area contributed by atoms with Crippen LogP contribution in [0.15, 0.2) is 60.1 Å². The first-order valence-corrected chi connectivity index (χ1v) is 10.4. The Morgan fingerprint density at radius 3 is 2.55 bits per heavy atom. The van der Waals surface area contributed by atoms with E-state index in [1.165, 1.54) is 29.6 Å². The number of carboxylic acid groups (broad SMARTS) is 1. The van der Waals surface area contributed by atoms with E-state index in [9.17, 15) is 14.3 Å². The molecular weight excluding hydrogens is 394 g/mol. The Morgan fingerprint density at radius 2 is 2.00 bits per heavy atom. The molecular formula is C22H24F2N2O2S. The Kier molecular flexibility index (Phi) is 6.59. The highest BCUT2D eigenvalue weighted by Gasteiger charge is 2.41. The van der Waals surface area contributed by atoms with E-state index < -0.39 is 23.7 Å². The number of carboxylic acids is 1. The lowest BCUT2D eigenvalue weighted by Gasteiger charge is -2.33. The minimum Gasteiger partial charge on any atom is -0.480 e. The number of benzene rings is 1. The molecule has 3 rings (SSSR count). The molecule has 0 aliphatic heterocycles. The van der Waals surface area contributed by atoms with Gasteiger partial charge in [-0.25, -0.2) is 13.8 Å². The van der Waals surface area contributed by atoms with Gasteiger partial charge in [-0.05, 0) is 36.1 Å². The Labute approximate surface area is 173 Å². The SMILES string of the molecule is CC(C)C[C@H](N[C@H](c1nccs1)C1(F)C=CC(c2ccccc2F)C=C1)C(=O)O. The lowest BCUT2D eigenvalue weighted by molar-refractivity contribution is -0.140. The zero-order valence-electron chi connectivity index (χ0n) is 16.3. The summed E-state index contributed by atoms with van der Waals surface area (Å²) in [6, 6.07) is 4.51. The number of halogens is 2. The maximum atomic E-state index is 16.0. The van der Waals surface area contributed by atoms with E-state index >= 15 is 4.39 Å². The van der Waals surface area contributed by atoms with Gasteiger partial charge < -0.3 is 5.11 Å². The van der Waals surface area contributed by atoms with Gasteiger partial charge in [0, 0.05) is 17.5 Å². The summed E-state index contributed by atoms with van der Waals surface area (Å²) < 4.78 is 30.1. The molecule has 0 bridgehead atoms. The zero-order valence-corrected chi connectivity index (χ0v) is 17.1. The summed E-state index contributed by atoms with van der Waals surface area (Å²) in [5.74, 6) is -1.64. The van der Waals surface area contributed by atoms with Crippen molar-refractivity contribution < 1.29 is 18.7 Å². The van der Waals surface area contributed by atoms with E-state index in [1.54, 1.807) is 41.9 Å². The van der Waals surface area contributed by atoms with E-state index in [1.807, 2.05) is 13.8 Å². The third-order valence-corrected chi connectivity index (χ3v) is 5.74. The average molecular weight is 419 g/mol. The van der Waals surface area contributed by atoms with Crippen molar-refractivity contribution in [1.29, 1.82) is 0 Å². The molecule has 0 spiro atoms. The largest absolute Gasteiger partial charge is 0.480 e. The molecule has 0 saturated carbocycles. The second kappa shape index (κ2) is 8.97. The van der Waals surface area contributed by atoms with E-state index in [-0.39, 0.29) is 17.7 Å². The summed E-state index contributed by atoms with van der Waals surface area (Å²) in [4.78, 5) is 15.9. The molecule has 2 aromatic rings. The van der Waals surface area contributed by atoms with Gasteiger partial charge in [-0.1, -0.05) is 44.2 Å². The first-order chi connectivity index (χ1) is 13.8. The van der Waals surface area contributed by atoms with E-state index in [2.05, 4.69) is 10.3 Å². The predicted molar refractivity (Wildman–Crippen MR) is 110 cm³/mol. The number of alkyl halides is 1. The van der Waals surface area contributed by atoms with Gasteiger partial charge in [0.15, 0.2) is 5.67 Å². The molecule has 1 aliphatic rings. The van der Waals surface area contributed by atoms with Crippen LogP contribution in [0.1, 0.15) is 42.8 Å². The van der Waals surface area contributed by atoms with Crippen LogP contribution in [0.3, 0.4) is 0 Å². The number of aromatic nitrogens is 1. The molecule has 0 amide bonds. The van der Waals surface area contributed by atoms with Crippen molar-refractivity contribution in [2.75, 3.05) is 0 Å². The predicted octanol–water partition coefficient (Wildman–Crippen LogP) is 5.03. The molecule has 29 heavy (non-hydrogen) atoms. The Balaban J connectivity index is 1.89. The minimum atomic E-state index is -1.98. The number of hydrogen-bond acceptors (Lipinski definition) is 4. The Hall–Kier alpha value is -2.38. The Bertz CT molecular complexity index is 882. The molecule has 0 radical (unpaired) electrons. The molecule has 1 heterocycles. The number of hydrogen-bond donors (Lipinski definition) is 2. The molecule has 154 valence electrons. The van der Waals surface area contributed by atoms with Crippen molar-refractivity contribution in [2.24, 2.45) is 5.92 Å². The number of rotatable bonds is 8. The highest BCUT2D eigenvalue weighted by atomic mass is 32.1. The van der Waals surface area contributed by atoms with Gasteiger partial charge in [0.2, 0.25) is 0 Å². The van der Waals surface area contributed by atoms with E-state index in [4.69, 9.17) is 0 Å². The fourth-order valence-electron chi connectivity index (χ4n) is 3.45. The Morgan fingerprint density at radius 1 is 1.31 bits per heavy atom. The van der Waals surface area contributed by atoms with Crippen LogP contribution in [0.25, 0.3) is 0 Å². The molecule has 0 unspecified atom stereocenters. The lowest BCUT2D eigenvalue weighted by atomic mass is 9.84. The van der Waals surface area contributed by atoms with Gasteiger partial charge in [0.05, 0.1) is 0 Å². The maximum absolute atomic E-state index is 16.0. The van der Waals surface area contributed by atoms with Crippen LogP contribution in [0.2, 0.25) is 0 Å². The van der Waals surface area contributed by atoms with E-state index in [0.717, 1.165) is 0 Å². The summed E-state index contributed by atoms with van der Waals surface area (Å²) in [5.41, 5.74) is -1.52. The second-order valence-electron chi connectivity index (χ2n) is 7.58. The highest BCUT2D eigenvalue weighted by Crippen LogP contribution is 2.39. The van der Waals surface area contributed by atoms with Gasteiger partial charge in [-0.2, -0.15) is 0 Å². The molecule has 4 nitrogen and oxygen atoms in total. The first-order valence-electron chi connectivity index (χ1n) is 9.50. The summed E-state index contributed by atoms with van der Waals surface area (Å²) >= 11 is 1.26. The zero-order chi connectivity index (χ0) is 21.0. The number of nitrogens with zero attached hydrogens (tertiary/aromatic N) is 1. The molecule has 1 aromatic carbocycles. The third-order valence-electron chi connectivity index (χ3n) is 4.90. The topological polar surface area (TPSA) is 62.2 Å². The smallest absolute Gasteiger partial charge is 0.320 e. The van der Waals surface area contributed by atoms with Crippen LogP contribution >= 0.6 is 11.3 Å². The maximum Gasteiger partial charge on any atom is 0.320 e. The van der Waals surface area contributed by atoms with E-state index in [0.29, 0.717) is 17.0 Å². The summed E-state index contributed by atoms with van der Waals surface area (Å²) in [5, 5.41) is 14.7. The number of nitrogens with one attached hydrogen (secondary N) is 1. The van der Waals surface area contributed by atoms with Crippen LogP contribution in [-0.4, -0.2) is 27.8 Å². The van der Waals surface area contributed by atoms with Crippen molar-refractivity contribution in [3.05, 3.63) is 76.5 Å². The normalized spacial score (nSPS) is 23.3. The minimum absolute atomic E-state index is 0.124. The monoisotopic (exact) mass is 418 g/mol. The van der Waals surface area contributed by atoms with Crippen LogP contribution in [0.4, 0.5) is 8.78 Å². The average Bonchev–Trinajstić information content (AvgIpc) is 3.20. The fraction of sp³-hybridized carbons (Fsp3) is 0.364. The summed E-state index contributed by atoms with van der Waals surface area (Å²) in [7, 11) is 0. The summed E-state index contributed by atoms with van der Waals surface area (Å²) in [6.45, 7) is 3.83. The van der Waals surface area contributed by atoms with Crippen molar-refractivity contribution >= 4 is 17.3 Å².